The first-order chi connectivity index (χ1) is 13.6. The Morgan fingerprint density at radius 2 is 1.93 bits per heavy atom. The average Bonchev–Trinajstić information content (AvgIpc) is 2.91. The van der Waals surface area contributed by atoms with Crippen LogP contribution in [0.3, 0.4) is 0 Å². The molecule has 2 saturated heterocycles. The highest BCUT2D eigenvalue weighted by molar-refractivity contribution is 5.76. The lowest BCUT2D eigenvalue weighted by Crippen LogP contribution is -2.45. The van der Waals surface area contributed by atoms with Crippen molar-refractivity contribution in [3.05, 3.63) is 29.8 Å². The van der Waals surface area contributed by atoms with Gasteiger partial charge in [0.25, 0.3) is 0 Å². The molecule has 2 aliphatic heterocycles. The molecule has 0 aliphatic carbocycles. The number of piperidine rings is 1. The lowest BCUT2D eigenvalue weighted by molar-refractivity contribution is -0.150. The van der Waals surface area contributed by atoms with Crippen LogP contribution < -0.4 is 4.74 Å². The summed E-state index contributed by atoms with van der Waals surface area (Å²) in [5.74, 6) is 0.950. The molecule has 1 aromatic rings. The molecular formula is C22H32N2O4. The third-order valence-electron chi connectivity index (χ3n) is 5.90. The first-order valence-corrected chi connectivity index (χ1v) is 10.4. The number of methoxy groups -OCH3 is 1. The number of amides is 1. The Hall–Kier alpha value is -2.08. The maximum Gasteiger partial charge on any atom is 0.310 e. The monoisotopic (exact) mass is 388 g/mol. The fourth-order valence-electron chi connectivity index (χ4n) is 4.30. The second-order valence-electron chi connectivity index (χ2n) is 7.73. The Kier molecular flexibility index (Phi) is 7.31. The molecule has 0 N–H and O–H groups in total. The van der Waals surface area contributed by atoms with E-state index in [-0.39, 0.29) is 17.8 Å². The summed E-state index contributed by atoms with van der Waals surface area (Å²) in [6, 6.07) is 8.27. The molecule has 2 aliphatic rings. The van der Waals surface area contributed by atoms with Crippen molar-refractivity contribution in [1.29, 1.82) is 0 Å². The van der Waals surface area contributed by atoms with E-state index in [9.17, 15) is 9.59 Å². The van der Waals surface area contributed by atoms with Gasteiger partial charge in [0.2, 0.25) is 5.91 Å². The van der Waals surface area contributed by atoms with E-state index in [2.05, 4.69) is 4.90 Å². The number of rotatable bonds is 6. The zero-order valence-corrected chi connectivity index (χ0v) is 17.1. The molecule has 0 radical (unpaired) electrons. The van der Waals surface area contributed by atoms with Crippen molar-refractivity contribution in [2.24, 2.45) is 5.92 Å². The molecule has 154 valence electrons. The van der Waals surface area contributed by atoms with Crippen molar-refractivity contribution in [1.82, 2.24) is 9.80 Å². The molecular weight excluding hydrogens is 356 g/mol. The maximum absolute atomic E-state index is 12.6. The van der Waals surface area contributed by atoms with Gasteiger partial charge in [0.1, 0.15) is 5.75 Å². The summed E-state index contributed by atoms with van der Waals surface area (Å²) in [4.78, 5) is 29.1. The second-order valence-corrected chi connectivity index (χ2v) is 7.73. The van der Waals surface area contributed by atoms with E-state index in [4.69, 9.17) is 9.47 Å². The van der Waals surface area contributed by atoms with Gasteiger partial charge in [-0.3, -0.25) is 14.5 Å². The smallest absolute Gasteiger partial charge is 0.310 e. The molecule has 0 bridgehead atoms. The Balaban J connectivity index is 1.56. The number of ether oxygens (including phenoxy) is 2. The van der Waals surface area contributed by atoms with Crippen molar-refractivity contribution in [2.75, 3.05) is 33.4 Å². The predicted octanol–water partition coefficient (Wildman–Crippen LogP) is 2.85. The summed E-state index contributed by atoms with van der Waals surface area (Å²) >= 11 is 0. The van der Waals surface area contributed by atoms with Crippen molar-refractivity contribution in [3.8, 4) is 5.75 Å². The number of hydrogen-bond donors (Lipinski definition) is 0. The topological polar surface area (TPSA) is 59.1 Å². The number of benzene rings is 1. The lowest BCUT2D eigenvalue weighted by atomic mass is 9.95. The summed E-state index contributed by atoms with van der Waals surface area (Å²) in [5.41, 5.74) is 1.12. The Labute approximate surface area is 167 Å². The van der Waals surface area contributed by atoms with E-state index in [1.807, 2.05) is 36.1 Å². The molecule has 3 rings (SSSR count). The molecule has 2 atom stereocenters. The third kappa shape index (κ3) is 5.25. The number of hydrogen-bond acceptors (Lipinski definition) is 5. The number of carbonyl (C=O) groups is 2. The lowest BCUT2D eigenvalue weighted by Gasteiger charge is -2.37. The van der Waals surface area contributed by atoms with Crippen LogP contribution in [0, 0.1) is 5.92 Å². The van der Waals surface area contributed by atoms with Gasteiger partial charge in [-0.15, -0.1) is 0 Å². The maximum atomic E-state index is 12.6. The number of nitrogens with zero attached hydrogens (tertiary/aromatic N) is 2. The molecule has 28 heavy (non-hydrogen) atoms. The van der Waals surface area contributed by atoms with Gasteiger partial charge >= 0.3 is 5.97 Å². The van der Waals surface area contributed by atoms with Gasteiger partial charge in [0.15, 0.2) is 0 Å². The Bertz CT molecular complexity index is 661. The van der Waals surface area contributed by atoms with Gasteiger partial charge < -0.3 is 14.4 Å². The highest BCUT2D eigenvalue weighted by Gasteiger charge is 2.32. The summed E-state index contributed by atoms with van der Waals surface area (Å²) in [6.07, 6.45) is 4.32. The largest absolute Gasteiger partial charge is 0.497 e. The van der Waals surface area contributed by atoms with E-state index in [0.717, 1.165) is 56.6 Å². The van der Waals surface area contributed by atoms with Crippen LogP contribution in [-0.4, -0.2) is 61.1 Å². The van der Waals surface area contributed by atoms with Gasteiger partial charge in [0, 0.05) is 32.1 Å². The molecule has 2 heterocycles. The van der Waals surface area contributed by atoms with E-state index in [0.29, 0.717) is 25.6 Å². The molecule has 2 fully saturated rings. The standard InChI is InChI=1S/C22H32N2O4/c1-3-28-22(26)18-5-4-13-23(16-18)19-8-11-21(25)24(14-12-19)15-17-6-9-20(27-2)10-7-17/h6-7,9-10,18-19H,3-5,8,11-16H2,1-2H3. The highest BCUT2D eigenvalue weighted by atomic mass is 16.5. The minimum absolute atomic E-state index is 0.0249. The zero-order chi connectivity index (χ0) is 19.9. The summed E-state index contributed by atoms with van der Waals surface area (Å²) in [7, 11) is 1.65. The van der Waals surface area contributed by atoms with E-state index in [1.165, 1.54) is 0 Å². The number of likely N-dealkylation sites (tertiary alicyclic amines) is 2. The van der Waals surface area contributed by atoms with Crippen LogP contribution in [0.5, 0.6) is 5.75 Å². The van der Waals surface area contributed by atoms with Gasteiger partial charge in [-0.25, -0.2) is 0 Å². The van der Waals surface area contributed by atoms with E-state index >= 15 is 0 Å². The van der Waals surface area contributed by atoms with Crippen molar-refractivity contribution >= 4 is 11.9 Å². The predicted molar refractivity (Wildman–Crippen MR) is 107 cm³/mol. The normalized spacial score (nSPS) is 23.9. The van der Waals surface area contributed by atoms with Crippen LogP contribution in [0.4, 0.5) is 0 Å². The van der Waals surface area contributed by atoms with Crippen molar-refractivity contribution in [3.63, 3.8) is 0 Å². The molecule has 0 aromatic heterocycles. The van der Waals surface area contributed by atoms with Gasteiger partial charge in [-0.1, -0.05) is 12.1 Å². The molecule has 1 amide bonds. The first-order valence-electron chi connectivity index (χ1n) is 10.4. The first kappa shape index (κ1) is 20.6. The second kappa shape index (κ2) is 9.92. The SMILES string of the molecule is CCOC(=O)C1CCCN(C2CCC(=O)N(Cc3ccc(OC)cc3)CC2)C1. The van der Waals surface area contributed by atoms with Crippen LogP contribution >= 0.6 is 0 Å². The summed E-state index contributed by atoms with van der Waals surface area (Å²) < 4.78 is 10.4. The highest BCUT2D eigenvalue weighted by Crippen LogP contribution is 2.26. The Morgan fingerprint density at radius 3 is 2.64 bits per heavy atom. The van der Waals surface area contributed by atoms with Crippen molar-refractivity contribution < 1.29 is 19.1 Å². The Morgan fingerprint density at radius 1 is 1.14 bits per heavy atom. The van der Waals surface area contributed by atoms with E-state index < -0.39 is 0 Å². The van der Waals surface area contributed by atoms with Gasteiger partial charge in [-0.2, -0.15) is 0 Å². The van der Waals surface area contributed by atoms with Crippen LogP contribution in [0.1, 0.15) is 44.6 Å². The van der Waals surface area contributed by atoms with Gasteiger partial charge in [-0.05, 0) is 56.8 Å². The van der Waals surface area contributed by atoms with Crippen LogP contribution in [0.2, 0.25) is 0 Å². The van der Waals surface area contributed by atoms with Crippen LogP contribution in [0.25, 0.3) is 0 Å². The number of carbonyl (C=O) groups excluding carboxylic acids is 2. The average molecular weight is 389 g/mol. The fraction of sp³-hybridized carbons (Fsp3) is 0.636. The van der Waals surface area contributed by atoms with Crippen LogP contribution in [0.15, 0.2) is 24.3 Å². The third-order valence-corrected chi connectivity index (χ3v) is 5.90. The quantitative estimate of drug-likeness (QED) is 0.702. The zero-order valence-electron chi connectivity index (χ0n) is 17.1. The summed E-state index contributed by atoms with van der Waals surface area (Å²) in [5, 5.41) is 0. The fourth-order valence-corrected chi connectivity index (χ4v) is 4.30. The number of esters is 1. The van der Waals surface area contributed by atoms with Crippen molar-refractivity contribution in [2.45, 2.75) is 51.6 Å². The van der Waals surface area contributed by atoms with Gasteiger partial charge in [0.05, 0.1) is 19.6 Å². The van der Waals surface area contributed by atoms with Crippen LogP contribution in [-0.2, 0) is 20.9 Å². The van der Waals surface area contributed by atoms with E-state index in [1.54, 1.807) is 7.11 Å². The molecule has 2 unspecified atom stereocenters. The minimum atomic E-state index is -0.0713. The molecule has 6 nitrogen and oxygen atoms in total. The minimum Gasteiger partial charge on any atom is -0.497 e. The molecule has 0 spiro atoms. The molecule has 1 aromatic carbocycles. The molecule has 6 heteroatoms. The summed E-state index contributed by atoms with van der Waals surface area (Å²) in [6.45, 7) is 5.46. The molecule has 0 saturated carbocycles.